The molecule has 0 bridgehead atoms. The van der Waals surface area contributed by atoms with Gasteiger partial charge < -0.3 is 18.9 Å². The van der Waals surface area contributed by atoms with E-state index in [9.17, 15) is 4.79 Å². The number of benzene rings is 2. The molecule has 1 N–H and O–H groups in total. The van der Waals surface area contributed by atoms with E-state index in [-0.39, 0.29) is 12.5 Å². The molecule has 0 atom stereocenters. The predicted octanol–water partition coefficient (Wildman–Crippen LogP) is 3.17. The largest absolute Gasteiger partial charge is 0.494 e. The molecule has 1 aliphatic rings. The standard InChI is InChI=1S/C21H24N2O5/c1-2-3-10-25-17-5-7-18(8-6-17)28-15-21(24)23-22-14-16-4-9-19-20(13-16)27-12-11-26-19/h4-9,13-14H,2-3,10-12,15H2,1H3,(H,23,24). The summed E-state index contributed by atoms with van der Waals surface area (Å²) in [4.78, 5) is 11.9. The lowest BCUT2D eigenvalue weighted by Gasteiger charge is -2.18. The van der Waals surface area contributed by atoms with Crippen molar-refractivity contribution in [3.05, 3.63) is 48.0 Å². The van der Waals surface area contributed by atoms with E-state index in [0.717, 1.165) is 24.2 Å². The molecule has 2 aromatic carbocycles. The van der Waals surface area contributed by atoms with Gasteiger partial charge in [-0.25, -0.2) is 5.43 Å². The summed E-state index contributed by atoms with van der Waals surface area (Å²) in [5.41, 5.74) is 3.23. The Balaban J connectivity index is 1.41. The van der Waals surface area contributed by atoms with Crippen LogP contribution >= 0.6 is 0 Å². The van der Waals surface area contributed by atoms with E-state index in [4.69, 9.17) is 18.9 Å². The Labute approximate surface area is 164 Å². The zero-order chi connectivity index (χ0) is 19.6. The topological polar surface area (TPSA) is 78.4 Å². The first-order valence-electron chi connectivity index (χ1n) is 9.32. The minimum absolute atomic E-state index is 0.130. The van der Waals surface area contributed by atoms with Crippen LogP contribution in [0, 0.1) is 0 Å². The van der Waals surface area contributed by atoms with Crippen molar-refractivity contribution in [2.45, 2.75) is 19.8 Å². The van der Waals surface area contributed by atoms with Gasteiger partial charge in [-0.05, 0) is 54.4 Å². The van der Waals surface area contributed by atoms with E-state index in [1.54, 1.807) is 18.3 Å². The van der Waals surface area contributed by atoms with Gasteiger partial charge in [-0.15, -0.1) is 0 Å². The quantitative estimate of drug-likeness (QED) is 0.408. The summed E-state index contributed by atoms with van der Waals surface area (Å²) in [7, 11) is 0. The predicted molar refractivity (Wildman–Crippen MR) is 106 cm³/mol. The number of hydrogen-bond acceptors (Lipinski definition) is 6. The highest BCUT2D eigenvalue weighted by atomic mass is 16.6. The second-order valence-electron chi connectivity index (χ2n) is 6.16. The van der Waals surface area contributed by atoms with Crippen molar-refractivity contribution in [3.63, 3.8) is 0 Å². The molecule has 0 fully saturated rings. The second kappa shape index (κ2) is 10.2. The van der Waals surface area contributed by atoms with Gasteiger partial charge in [0.05, 0.1) is 12.8 Å². The van der Waals surface area contributed by atoms with Gasteiger partial charge in [0.1, 0.15) is 24.7 Å². The minimum atomic E-state index is -0.350. The van der Waals surface area contributed by atoms with E-state index in [0.29, 0.717) is 37.1 Å². The molecular formula is C21H24N2O5. The van der Waals surface area contributed by atoms with Crippen LogP contribution in [0.4, 0.5) is 0 Å². The van der Waals surface area contributed by atoms with Crippen molar-refractivity contribution in [3.8, 4) is 23.0 Å². The molecule has 7 heteroatoms. The normalized spacial score (nSPS) is 12.6. The molecule has 0 aromatic heterocycles. The molecule has 0 saturated heterocycles. The average Bonchev–Trinajstić information content (AvgIpc) is 2.73. The van der Waals surface area contributed by atoms with Crippen molar-refractivity contribution in [1.29, 1.82) is 0 Å². The van der Waals surface area contributed by atoms with Gasteiger partial charge in [0.2, 0.25) is 0 Å². The lowest BCUT2D eigenvalue weighted by Crippen LogP contribution is -2.24. The molecule has 1 heterocycles. The van der Waals surface area contributed by atoms with Crippen molar-refractivity contribution in [1.82, 2.24) is 5.43 Å². The third-order valence-electron chi connectivity index (χ3n) is 3.93. The lowest BCUT2D eigenvalue weighted by atomic mass is 10.2. The zero-order valence-electron chi connectivity index (χ0n) is 15.8. The third-order valence-corrected chi connectivity index (χ3v) is 3.93. The summed E-state index contributed by atoms with van der Waals surface area (Å²) in [5.74, 6) is 2.41. The molecular weight excluding hydrogens is 360 g/mol. The first-order chi connectivity index (χ1) is 13.7. The Kier molecular flexibility index (Phi) is 7.12. The number of hydrogen-bond donors (Lipinski definition) is 1. The van der Waals surface area contributed by atoms with E-state index in [2.05, 4.69) is 17.5 Å². The number of rotatable bonds is 9. The van der Waals surface area contributed by atoms with Gasteiger partial charge in [0.15, 0.2) is 18.1 Å². The fraction of sp³-hybridized carbons (Fsp3) is 0.333. The highest BCUT2D eigenvalue weighted by Crippen LogP contribution is 2.30. The van der Waals surface area contributed by atoms with Crippen molar-refractivity contribution in [2.75, 3.05) is 26.4 Å². The highest BCUT2D eigenvalue weighted by Gasteiger charge is 2.11. The van der Waals surface area contributed by atoms with Crippen LogP contribution in [0.15, 0.2) is 47.6 Å². The number of fused-ring (bicyclic) bond motifs is 1. The van der Waals surface area contributed by atoms with Crippen LogP contribution in [0.1, 0.15) is 25.3 Å². The van der Waals surface area contributed by atoms with Gasteiger partial charge in [-0.2, -0.15) is 5.10 Å². The van der Waals surface area contributed by atoms with Crippen molar-refractivity contribution in [2.24, 2.45) is 5.10 Å². The van der Waals surface area contributed by atoms with Crippen molar-refractivity contribution < 1.29 is 23.7 Å². The molecule has 1 aliphatic heterocycles. The lowest BCUT2D eigenvalue weighted by molar-refractivity contribution is -0.123. The molecule has 1 amide bonds. The van der Waals surface area contributed by atoms with Crippen LogP contribution in [0.2, 0.25) is 0 Å². The van der Waals surface area contributed by atoms with Crippen LogP contribution in [-0.2, 0) is 4.79 Å². The number of hydrazone groups is 1. The van der Waals surface area contributed by atoms with E-state index >= 15 is 0 Å². The average molecular weight is 384 g/mol. The molecule has 3 rings (SSSR count). The summed E-state index contributed by atoms with van der Waals surface area (Å²) in [5, 5.41) is 3.94. The summed E-state index contributed by atoms with van der Waals surface area (Å²) in [6.07, 6.45) is 3.65. The number of carbonyl (C=O) groups excluding carboxylic acids is 1. The number of nitrogens with zero attached hydrogens (tertiary/aromatic N) is 1. The van der Waals surface area contributed by atoms with E-state index in [1.165, 1.54) is 0 Å². The van der Waals surface area contributed by atoms with Gasteiger partial charge in [0.25, 0.3) is 5.91 Å². The number of ether oxygens (including phenoxy) is 4. The van der Waals surface area contributed by atoms with Gasteiger partial charge >= 0.3 is 0 Å². The third kappa shape index (κ3) is 5.90. The molecule has 7 nitrogen and oxygen atoms in total. The molecule has 0 saturated carbocycles. The smallest absolute Gasteiger partial charge is 0.277 e. The summed E-state index contributed by atoms with van der Waals surface area (Å²) >= 11 is 0. The Hall–Kier alpha value is -3.22. The Bertz CT molecular complexity index is 805. The summed E-state index contributed by atoms with van der Waals surface area (Å²) in [6.45, 7) is 3.75. The van der Waals surface area contributed by atoms with E-state index in [1.807, 2.05) is 30.3 Å². The van der Waals surface area contributed by atoms with Crippen LogP contribution in [0.25, 0.3) is 0 Å². The first-order valence-corrected chi connectivity index (χ1v) is 9.32. The first kappa shape index (κ1) is 19.5. The maximum atomic E-state index is 11.9. The summed E-state index contributed by atoms with van der Waals surface area (Å²) < 4.78 is 22.0. The SMILES string of the molecule is CCCCOc1ccc(OCC(=O)NN=Cc2ccc3c(c2)OCCO3)cc1. The Morgan fingerprint density at radius 3 is 2.54 bits per heavy atom. The molecule has 0 unspecified atom stereocenters. The molecule has 148 valence electrons. The summed E-state index contributed by atoms with van der Waals surface area (Å²) in [6, 6.07) is 12.6. The fourth-order valence-corrected chi connectivity index (χ4v) is 2.47. The number of amides is 1. The molecule has 2 aromatic rings. The Morgan fingerprint density at radius 1 is 1.07 bits per heavy atom. The zero-order valence-corrected chi connectivity index (χ0v) is 15.8. The van der Waals surface area contributed by atoms with Crippen LogP contribution in [0.3, 0.4) is 0 Å². The minimum Gasteiger partial charge on any atom is -0.494 e. The molecule has 28 heavy (non-hydrogen) atoms. The van der Waals surface area contributed by atoms with Crippen LogP contribution in [-0.4, -0.2) is 38.5 Å². The number of carbonyl (C=O) groups is 1. The van der Waals surface area contributed by atoms with Crippen LogP contribution < -0.4 is 24.4 Å². The number of nitrogens with one attached hydrogen (secondary N) is 1. The monoisotopic (exact) mass is 384 g/mol. The molecule has 0 aliphatic carbocycles. The Morgan fingerprint density at radius 2 is 1.79 bits per heavy atom. The highest BCUT2D eigenvalue weighted by molar-refractivity contribution is 5.83. The maximum Gasteiger partial charge on any atom is 0.277 e. The fourth-order valence-electron chi connectivity index (χ4n) is 2.47. The van der Waals surface area contributed by atoms with Gasteiger partial charge in [-0.3, -0.25) is 4.79 Å². The van der Waals surface area contributed by atoms with Crippen LogP contribution in [0.5, 0.6) is 23.0 Å². The number of unbranched alkanes of at least 4 members (excludes halogenated alkanes) is 1. The molecule has 0 radical (unpaired) electrons. The van der Waals surface area contributed by atoms with Gasteiger partial charge in [-0.1, -0.05) is 13.3 Å². The van der Waals surface area contributed by atoms with E-state index < -0.39 is 0 Å². The molecule has 0 spiro atoms. The second-order valence-corrected chi connectivity index (χ2v) is 6.16. The van der Waals surface area contributed by atoms with Crippen molar-refractivity contribution >= 4 is 12.1 Å². The van der Waals surface area contributed by atoms with Gasteiger partial charge in [0, 0.05) is 0 Å². The maximum absolute atomic E-state index is 11.9.